The predicted octanol–water partition coefficient (Wildman–Crippen LogP) is -3.10. The van der Waals surface area contributed by atoms with E-state index in [0.717, 1.165) is 32.1 Å². The largest absolute Gasteiger partial charge is 0.508 e. The average Bonchev–Trinajstić information content (AvgIpc) is 4.17. The number of benzene rings is 1. The minimum Gasteiger partial charge on any atom is -0.508 e. The molecule has 21 N–H and O–H groups in total. The molecule has 2 heterocycles. The highest BCUT2D eigenvalue weighted by molar-refractivity contribution is 5.99. The van der Waals surface area contributed by atoms with Gasteiger partial charge in [0.15, 0.2) is 11.9 Å². The fourth-order valence-corrected chi connectivity index (χ4v) is 10.8. The molecule has 0 unspecified atom stereocenters. The van der Waals surface area contributed by atoms with E-state index < -0.39 is 108 Å². The number of primary amides is 2. The number of carbonyl (C=O) groups is 10. The summed E-state index contributed by atoms with van der Waals surface area (Å²) in [7, 11) is 0. The number of phenolic OH excluding ortho intramolecular Hbond substituents is 1. The molecule has 1 aromatic rings. The molecule has 4 rings (SSSR count). The zero-order valence-electron chi connectivity index (χ0n) is 50.3. The molecule has 1 aromatic carbocycles. The second-order valence-corrected chi connectivity index (χ2v) is 23.1. The number of aromatic hydroxyl groups is 1. The van der Waals surface area contributed by atoms with Gasteiger partial charge in [-0.1, -0.05) is 77.8 Å². The number of likely N-dealkylation sites (tertiary alicyclic amines) is 1. The lowest BCUT2D eigenvalue weighted by Crippen LogP contribution is -2.60. The van der Waals surface area contributed by atoms with Crippen LogP contribution in [-0.2, 0) is 54.4 Å². The van der Waals surface area contributed by atoms with Crippen molar-refractivity contribution in [2.45, 2.75) is 185 Å². The van der Waals surface area contributed by atoms with Gasteiger partial charge in [0.2, 0.25) is 59.1 Å². The van der Waals surface area contributed by atoms with E-state index >= 15 is 0 Å². The molecule has 2 aliphatic heterocycles. The molecule has 1 saturated carbocycles. The second-order valence-electron chi connectivity index (χ2n) is 23.1. The summed E-state index contributed by atoms with van der Waals surface area (Å²) < 4.78 is 0. The van der Waals surface area contributed by atoms with Gasteiger partial charge in [0, 0.05) is 52.2 Å². The third-order valence-corrected chi connectivity index (χ3v) is 15.4. The summed E-state index contributed by atoms with van der Waals surface area (Å²) in [5.74, 6) is -7.67. The number of nitrogens with zero attached hydrogens (tertiary/aromatic N) is 4. The van der Waals surface area contributed by atoms with Crippen molar-refractivity contribution >= 4 is 71.0 Å². The van der Waals surface area contributed by atoms with Gasteiger partial charge >= 0.3 is 0 Å². The maximum absolute atomic E-state index is 14.7. The second kappa shape index (κ2) is 36.9. The number of phenols is 1. The minimum atomic E-state index is -1.49. The van der Waals surface area contributed by atoms with Gasteiger partial charge in [-0.2, -0.15) is 0 Å². The van der Waals surface area contributed by atoms with Gasteiger partial charge in [-0.05, 0) is 87.3 Å². The number of piperazine rings is 1. The number of unbranched alkanes of at least 4 members (excludes halogenated alkanes) is 1. The maximum Gasteiger partial charge on any atom is 0.245 e. The van der Waals surface area contributed by atoms with E-state index in [2.05, 4.69) is 52.5 Å². The zero-order chi connectivity index (χ0) is 63.3. The molecule has 0 aromatic heterocycles. The van der Waals surface area contributed by atoms with E-state index in [1.54, 1.807) is 12.1 Å². The summed E-state index contributed by atoms with van der Waals surface area (Å²) in [4.78, 5) is 150. The van der Waals surface area contributed by atoms with Gasteiger partial charge in [-0.25, -0.2) is 0 Å². The molecule has 29 nitrogen and oxygen atoms in total. The Morgan fingerprint density at radius 1 is 0.605 bits per heavy atom. The third kappa shape index (κ3) is 25.4. The molecule has 10 amide bonds. The Balaban J connectivity index is 1.59. The molecule has 3 fully saturated rings. The monoisotopic (exact) mass is 1210 g/mol. The van der Waals surface area contributed by atoms with Crippen LogP contribution in [0.15, 0.2) is 34.3 Å². The first-order valence-corrected chi connectivity index (χ1v) is 30.3. The van der Waals surface area contributed by atoms with Crippen LogP contribution in [0.3, 0.4) is 0 Å². The fraction of sp³-hybridized carbons (Fsp3) is 0.684. The van der Waals surface area contributed by atoms with Crippen LogP contribution in [0.4, 0.5) is 0 Å². The number of hydrogen-bond acceptors (Lipinski definition) is 15. The smallest absolute Gasteiger partial charge is 0.245 e. The van der Waals surface area contributed by atoms with E-state index in [0.29, 0.717) is 51.0 Å². The lowest BCUT2D eigenvalue weighted by atomic mass is 9.84. The van der Waals surface area contributed by atoms with Crippen molar-refractivity contribution < 1.29 is 53.1 Å². The van der Waals surface area contributed by atoms with Crippen LogP contribution in [0.1, 0.15) is 135 Å². The van der Waals surface area contributed by atoms with Crippen LogP contribution in [0.5, 0.6) is 5.75 Å². The van der Waals surface area contributed by atoms with E-state index in [9.17, 15) is 53.1 Å². The van der Waals surface area contributed by atoms with Crippen molar-refractivity contribution in [1.82, 2.24) is 52.3 Å². The lowest BCUT2D eigenvalue weighted by Gasteiger charge is -2.31. The molecule has 3 aliphatic rings. The summed E-state index contributed by atoms with van der Waals surface area (Å²) in [5, 5.41) is 32.7. The SMILES string of the molecule is CCCC[C@H](NC(=O)[C@H](CC(C)C)NC(=O)[C@H](CC1CCCCC1)NC(=O)[C@H](Cc1ccc(O)cc1)NC(=O)CN1CCNCC1)C(=O)N[C@@H](CCCN=C(N)N)C(=O)N1CCC[C@H]1C(=O)N[C@@H](CCCN=C(N)N)C(=O)N[C@@H](CC(N)=O)C(N)=O. The van der Waals surface area contributed by atoms with Crippen LogP contribution < -0.4 is 76.9 Å². The van der Waals surface area contributed by atoms with Crippen LogP contribution in [0.25, 0.3) is 0 Å². The molecule has 86 heavy (non-hydrogen) atoms. The molecule has 0 spiro atoms. The van der Waals surface area contributed by atoms with E-state index in [1.165, 1.54) is 17.0 Å². The molecule has 0 radical (unpaired) electrons. The van der Waals surface area contributed by atoms with Crippen LogP contribution >= 0.6 is 0 Å². The van der Waals surface area contributed by atoms with Crippen LogP contribution in [0, 0.1) is 11.8 Å². The van der Waals surface area contributed by atoms with Crippen molar-refractivity contribution in [3.63, 3.8) is 0 Å². The molecule has 2 saturated heterocycles. The number of nitrogens with one attached hydrogen (secondary N) is 8. The first-order valence-electron chi connectivity index (χ1n) is 30.3. The number of carbonyl (C=O) groups excluding carboxylic acids is 10. The maximum atomic E-state index is 14.7. The van der Waals surface area contributed by atoms with Gasteiger partial charge in [0.1, 0.15) is 54.1 Å². The van der Waals surface area contributed by atoms with Gasteiger partial charge in [0.05, 0.1) is 13.0 Å². The highest BCUT2D eigenvalue weighted by Gasteiger charge is 2.41. The van der Waals surface area contributed by atoms with Crippen molar-refractivity contribution in [2.75, 3.05) is 52.4 Å². The van der Waals surface area contributed by atoms with Gasteiger partial charge in [0.25, 0.3) is 0 Å². The molecule has 0 bridgehead atoms. The van der Waals surface area contributed by atoms with Crippen molar-refractivity contribution in [3.05, 3.63) is 29.8 Å². The third-order valence-electron chi connectivity index (χ3n) is 15.4. The Hall–Kier alpha value is -7.82. The summed E-state index contributed by atoms with van der Waals surface area (Å²) in [5.41, 5.74) is 33.5. The Labute approximate surface area is 503 Å². The van der Waals surface area contributed by atoms with E-state index in [4.69, 9.17) is 34.4 Å². The molecule has 480 valence electrons. The molecule has 29 heteroatoms. The quantitative estimate of drug-likeness (QED) is 0.0180. The number of amides is 10. The molecular formula is C57H96N18O11. The number of hydrogen-bond donors (Lipinski definition) is 15. The summed E-state index contributed by atoms with van der Waals surface area (Å²) >= 11 is 0. The number of aliphatic imine (C=N–C) groups is 2. The number of rotatable bonds is 36. The van der Waals surface area contributed by atoms with Gasteiger partial charge < -0.3 is 86.9 Å². The Morgan fingerprint density at radius 3 is 1.71 bits per heavy atom. The lowest BCUT2D eigenvalue weighted by molar-refractivity contribution is -0.143. The summed E-state index contributed by atoms with van der Waals surface area (Å²) in [6, 6.07) is -3.61. The Kier molecular flexibility index (Phi) is 30.3. The first-order chi connectivity index (χ1) is 40.9. The fourth-order valence-electron chi connectivity index (χ4n) is 10.8. The van der Waals surface area contributed by atoms with Crippen LogP contribution in [0.2, 0.25) is 0 Å². The highest BCUT2D eigenvalue weighted by Crippen LogP contribution is 2.28. The molecule has 8 atom stereocenters. The normalized spacial score (nSPS) is 17.9. The van der Waals surface area contributed by atoms with Gasteiger partial charge in [-0.3, -0.25) is 62.8 Å². The number of nitrogens with two attached hydrogens (primary N) is 6. The molecule has 1 aliphatic carbocycles. The highest BCUT2D eigenvalue weighted by atomic mass is 16.3. The first kappa shape index (κ1) is 70.7. The Bertz CT molecular complexity index is 2480. The van der Waals surface area contributed by atoms with E-state index in [-0.39, 0.29) is 119 Å². The van der Waals surface area contributed by atoms with E-state index in [1.807, 2.05) is 25.7 Å². The van der Waals surface area contributed by atoms with Gasteiger partial charge in [-0.15, -0.1) is 0 Å². The summed E-state index contributed by atoms with van der Waals surface area (Å²) in [6.07, 6.45) is 6.48. The predicted molar refractivity (Wildman–Crippen MR) is 322 cm³/mol. The van der Waals surface area contributed by atoms with Crippen LogP contribution in [-0.4, -0.2) is 187 Å². The number of guanidine groups is 2. The average molecular weight is 1210 g/mol. The minimum absolute atomic E-state index is 0.0133. The Morgan fingerprint density at radius 2 is 1.13 bits per heavy atom. The topological polar surface area (TPSA) is 474 Å². The molecular weight excluding hydrogens is 1110 g/mol. The van der Waals surface area contributed by atoms with Crippen molar-refractivity contribution in [1.29, 1.82) is 0 Å². The van der Waals surface area contributed by atoms with Crippen molar-refractivity contribution in [2.24, 2.45) is 56.2 Å². The van der Waals surface area contributed by atoms with Crippen molar-refractivity contribution in [3.8, 4) is 5.75 Å². The zero-order valence-corrected chi connectivity index (χ0v) is 50.3. The summed E-state index contributed by atoms with van der Waals surface area (Å²) in [6.45, 7) is 8.64. The standard InChI is InChI=1S/C57H96N18O11/c1-4-5-14-38(49(80)70-40(16-10-23-66-57(62)63)55(86)75-26-11-17-45(75)54(85)69-39(15-9-22-65-56(60)61)50(81)71-41(48(59)79)32-46(58)77)68-51(82)42(29-34(2)3)72-53(84)44(30-35-12-7-6-8-13-35)73-52(83)43(31-36-18-20-37(76)21-19-36)67-47(78)33-74-27-24-64-25-28-74/h18-21,34-35,38-45,64,76H,4-17,22-33H2,1-3H3,(H2,58,77)(H2,59,79)(H,67,78)(H,68,82)(H,69,85)(H,70,80)(H,71,81)(H,72,84)(H,73,83)(H4,60,61,65)(H4,62,63,66)/t38-,39-,40-,41-,42-,43-,44-,45-/m0/s1.